The highest BCUT2D eigenvalue weighted by molar-refractivity contribution is 6.12. The van der Waals surface area contributed by atoms with Crippen molar-refractivity contribution >= 4 is 38.9 Å². The molecule has 0 amide bonds. The lowest BCUT2D eigenvalue weighted by atomic mass is 9.76. The van der Waals surface area contributed by atoms with E-state index in [2.05, 4.69) is 296 Å². The van der Waals surface area contributed by atoms with Gasteiger partial charge in [-0.25, -0.2) is 4.98 Å². The molecule has 0 spiro atoms. The maximum Gasteiger partial charge on any atom is 0.137 e. The van der Waals surface area contributed by atoms with Crippen molar-refractivity contribution in [2.45, 2.75) is 90.9 Å². The molecule has 0 aliphatic carbocycles. The predicted octanol–water partition coefficient (Wildman–Crippen LogP) is 18.2. The van der Waals surface area contributed by atoms with Crippen LogP contribution in [0.25, 0.3) is 44.4 Å². The van der Waals surface area contributed by atoms with Gasteiger partial charge in [0, 0.05) is 57.5 Å². The van der Waals surface area contributed by atoms with Crippen molar-refractivity contribution in [3.63, 3.8) is 0 Å². The van der Waals surface area contributed by atoms with Gasteiger partial charge in [-0.1, -0.05) is 215 Å². The standard InChI is InChI=1S/C70H68N4O/c1-67(2,3)53-35-36-71-65(42-53)74-62-34-24-23-33-60(62)66-61(70(9,10)52-31-21-14-22-32-52)44-59(45-63(66)74)75-58-41-54(68(4,5)6)39-57(43-58)73-47-72(46-64(73)49-27-17-12-18-28-49)56-38-50(48-25-15-11-16-26-48)37-55(40-56)69(7,8)51-29-19-13-20-30-51/h11-46H,47H2,1-10H3. The molecular weight excluding hydrogens is 913 g/mol. The number of nitrogens with zero attached hydrogens (tertiary/aromatic N) is 4. The summed E-state index contributed by atoms with van der Waals surface area (Å²) in [5.41, 5.74) is 15.5. The minimum absolute atomic E-state index is 0.0582. The van der Waals surface area contributed by atoms with Crippen LogP contribution in [0.4, 0.5) is 11.4 Å². The van der Waals surface area contributed by atoms with E-state index in [1.807, 2.05) is 6.20 Å². The van der Waals surface area contributed by atoms with Gasteiger partial charge in [-0.15, -0.1) is 0 Å². The largest absolute Gasteiger partial charge is 0.457 e. The first-order valence-corrected chi connectivity index (χ1v) is 26.4. The van der Waals surface area contributed by atoms with Gasteiger partial charge < -0.3 is 14.5 Å². The van der Waals surface area contributed by atoms with Crippen LogP contribution in [-0.2, 0) is 21.7 Å². The summed E-state index contributed by atoms with van der Waals surface area (Å²) in [5, 5.41) is 2.38. The van der Waals surface area contributed by atoms with Gasteiger partial charge in [0.05, 0.1) is 23.4 Å². The molecule has 0 N–H and O–H groups in total. The van der Waals surface area contributed by atoms with Crippen molar-refractivity contribution in [1.29, 1.82) is 0 Å². The number of benzene rings is 8. The molecule has 0 atom stereocenters. The second-order valence-corrected chi connectivity index (χ2v) is 23.5. The normalized spacial score (nSPS) is 13.4. The van der Waals surface area contributed by atoms with E-state index < -0.39 is 5.41 Å². The molecule has 75 heavy (non-hydrogen) atoms. The Kier molecular flexibility index (Phi) is 12.4. The Labute approximate surface area is 444 Å². The van der Waals surface area contributed by atoms with Crippen molar-refractivity contribution in [2.75, 3.05) is 16.5 Å². The second-order valence-electron chi connectivity index (χ2n) is 23.5. The number of hydrogen-bond acceptors (Lipinski definition) is 4. The number of hydrogen-bond donors (Lipinski definition) is 0. The van der Waals surface area contributed by atoms with Crippen molar-refractivity contribution < 1.29 is 4.74 Å². The SMILES string of the molecule is CC(C)(C)c1cc(Oc2cc(C(C)(C)c3ccccc3)c3c4ccccc4n(-c4cc(C(C)(C)C)ccn4)c3c2)cc(N2CN(c3cc(-c4ccccc4)cc(C(C)(C)c4ccccc4)c3)C=C2c2ccccc2)c1. The summed E-state index contributed by atoms with van der Waals surface area (Å²) in [5.74, 6) is 2.43. The monoisotopic (exact) mass is 981 g/mol. The smallest absolute Gasteiger partial charge is 0.137 e. The molecule has 11 rings (SSSR count). The van der Waals surface area contributed by atoms with Gasteiger partial charge in [-0.05, 0) is 109 Å². The summed E-state index contributed by atoms with van der Waals surface area (Å²) < 4.78 is 9.71. The van der Waals surface area contributed by atoms with Crippen LogP contribution < -0.4 is 14.5 Å². The Balaban J connectivity index is 1.07. The lowest BCUT2D eigenvalue weighted by Gasteiger charge is -2.30. The van der Waals surface area contributed by atoms with E-state index in [1.165, 1.54) is 55.3 Å². The lowest BCUT2D eigenvalue weighted by Crippen LogP contribution is -2.27. The fraction of sp³-hybridized carbons (Fsp3) is 0.214. The summed E-state index contributed by atoms with van der Waals surface area (Å²) in [7, 11) is 0. The van der Waals surface area contributed by atoms with E-state index in [1.54, 1.807) is 0 Å². The first-order chi connectivity index (χ1) is 35.9. The van der Waals surface area contributed by atoms with E-state index in [0.29, 0.717) is 6.67 Å². The van der Waals surface area contributed by atoms with Gasteiger partial charge in [-0.2, -0.15) is 0 Å². The third kappa shape index (κ3) is 9.42. The molecule has 3 heterocycles. The topological polar surface area (TPSA) is 33.5 Å². The molecule has 8 aromatic carbocycles. The zero-order valence-corrected chi connectivity index (χ0v) is 45.2. The highest BCUT2D eigenvalue weighted by Gasteiger charge is 2.32. The average molecular weight is 981 g/mol. The number of rotatable bonds is 11. The zero-order valence-electron chi connectivity index (χ0n) is 45.2. The summed E-state index contributed by atoms with van der Waals surface area (Å²) in [6.45, 7) is 23.6. The number of pyridine rings is 1. The maximum atomic E-state index is 7.38. The van der Waals surface area contributed by atoms with Gasteiger partial charge in [0.1, 0.15) is 17.3 Å². The fourth-order valence-corrected chi connectivity index (χ4v) is 10.9. The van der Waals surface area contributed by atoms with E-state index in [0.717, 1.165) is 51.0 Å². The van der Waals surface area contributed by atoms with Crippen LogP contribution in [0.2, 0.25) is 0 Å². The van der Waals surface area contributed by atoms with Crippen molar-refractivity contribution in [3.05, 3.63) is 258 Å². The molecular formula is C70H68N4O. The van der Waals surface area contributed by atoms with Crippen molar-refractivity contribution in [2.24, 2.45) is 0 Å². The quantitative estimate of drug-likeness (QED) is 0.129. The Morgan fingerprint density at radius 1 is 0.427 bits per heavy atom. The van der Waals surface area contributed by atoms with Crippen molar-refractivity contribution in [1.82, 2.24) is 9.55 Å². The van der Waals surface area contributed by atoms with E-state index in [-0.39, 0.29) is 16.2 Å². The van der Waals surface area contributed by atoms with Gasteiger partial charge >= 0.3 is 0 Å². The average Bonchev–Trinajstić information content (AvgIpc) is 4.04. The maximum absolute atomic E-state index is 7.38. The van der Waals surface area contributed by atoms with E-state index >= 15 is 0 Å². The third-order valence-electron chi connectivity index (χ3n) is 15.6. The van der Waals surface area contributed by atoms with Gasteiger partial charge in [0.2, 0.25) is 0 Å². The molecule has 0 bridgehead atoms. The minimum Gasteiger partial charge on any atom is -0.457 e. The number of aromatic nitrogens is 2. The van der Waals surface area contributed by atoms with E-state index in [4.69, 9.17) is 9.72 Å². The van der Waals surface area contributed by atoms with Crippen LogP contribution in [0.1, 0.15) is 108 Å². The van der Waals surface area contributed by atoms with Crippen LogP contribution in [-0.4, -0.2) is 16.2 Å². The molecule has 0 saturated heterocycles. The molecule has 0 radical (unpaired) electrons. The number of anilines is 2. The summed E-state index contributed by atoms with van der Waals surface area (Å²) in [4.78, 5) is 9.94. The van der Waals surface area contributed by atoms with Crippen LogP contribution >= 0.6 is 0 Å². The van der Waals surface area contributed by atoms with Crippen LogP contribution in [0.5, 0.6) is 11.5 Å². The minimum atomic E-state index is -0.394. The molecule has 0 saturated carbocycles. The number of para-hydroxylation sites is 1. The zero-order chi connectivity index (χ0) is 52.3. The van der Waals surface area contributed by atoms with Crippen LogP contribution in [0, 0.1) is 0 Å². The second kappa shape index (κ2) is 19.0. The number of ether oxygens (including phenoxy) is 1. The third-order valence-corrected chi connectivity index (χ3v) is 15.6. The first kappa shape index (κ1) is 49.1. The summed E-state index contributed by atoms with van der Waals surface area (Å²) >= 11 is 0. The molecule has 2 aromatic heterocycles. The Morgan fingerprint density at radius 2 is 1.00 bits per heavy atom. The van der Waals surface area contributed by atoms with Crippen LogP contribution in [0.3, 0.4) is 0 Å². The van der Waals surface area contributed by atoms with E-state index in [9.17, 15) is 0 Å². The molecule has 1 aliphatic heterocycles. The summed E-state index contributed by atoms with van der Waals surface area (Å²) in [6, 6.07) is 74.9. The number of fused-ring (bicyclic) bond motifs is 3. The highest BCUT2D eigenvalue weighted by atomic mass is 16.5. The highest BCUT2D eigenvalue weighted by Crippen LogP contribution is 2.47. The predicted molar refractivity (Wildman–Crippen MR) is 316 cm³/mol. The van der Waals surface area contributed by atoms with Crippen LogP contribution in [0.15, 0.2) is 219 Å². The van der Waals surface area contributed by atoms with Gasteiger partial charge in [-0.3, -0.25) is 4.57 Å². The molecule has 5 nitrogen and oxygen atoms in total. The molecule has 0 fully saturated rings. The molecule has 10 aromatic rings. The Hall–Kier alpha value is -8.15. The molecule has 374 valence electrons. The lowest BCUT2D eigenvalue weighted by molar-refractivity contribution is 0.477. The molecule has 0 unspecified atom stereocenters. The summed E-state index contributed by atoms with van der Waals surface area (Å²) in [6.07, 6.45) is 4.28. The Bertz CT molecular complexity index is 3730. The Morgan fingerprint density at radius 3 is 1.65 bits per heavy atom. The van der Waals surface area contributed by atoms with Gasteiger partial charge in [0.15, 0.2) is 0 Å². The first-order valence-electron chi connectivity index (χ1n) is 26.4. The van der Waals surface area contributed by atoms with Gasteiger partial charge in [0.25, 0.3) is 0 Å². The molecule has 5 heteroatoms. The molecule has 1 aliphatic rings. The van der Waals surface area contributed by atoms with Crippen molar-refractivity contribution in [3.8, 4) is 28.4 Å². The fourth-order valence-electron chi connectivity index (χ4n) is 10.9.